The van der Waals surface area contributed by atoms with Crippen LogP contribution in [0.1, 0.15) is 51.4 Å². The second kappa shape index (κ2) is 10.6. The number of rotatable bonds is 4. The van der Waals surface area contributed by atoms with E-state index < -0.39 is 12.1 Å². The molecule has 2 aliphatic carbocycles. The number of amides is 1. The maximum Gasteiger partial charge on any atom is 0.391 e. The number of carbonyl (C=O) groups excluding carboxylic acids is 1. The van der Waals surface area contributed by atoms with Gasteiger partial charge in [-0.05, 0) is 32.1 Å². The van der Waals surface area contributed by atoms with E-state index in [1.807, 2.05) is 0 Å². The molecule has 0 heterocycles. The molecule has 2 rings (SSSR count). The molecule has 0 radical (unpaired) electrons. The molecule has 0 aromatic heterocycles. The summed E-state index contributed by atoms with van der Waals surface area (Å²) in [6.07, 6.45) is 1.70. The maximum absolute atomic E-state index is 13.0. The summed E-state index contributed by atoms with van der Waals surface area (Å²) >= 11 is 0. The average molecular weight is 490 g/mol. The number of nitrogens with zero attached hydrogens (tertiary/aromatic N) is 2. The van der Waals surface area contributed by atoms with Gasteiger partial charge in [-0.15, -0.1) is 24.0 Å². The molecule has 0 saturated heterocycles. The second-order valence-electron chi connectivity index (χ2n) is 7.33. The second-order valence-corrected chi connectivity index (χ2v) is 7.33. The van der Waals surface area contributed by atoms with Gasteiger partial charge in [0.05, 0.1) is 5.92 Å². The van der Waals surface area contributed by atoms with E-state index in [9.17, 15) is 18.0 Å². The summed E-state index contributed by atoms with van der Waals surface area (Å²) in [7, 11) is 3.31. The summed E-state index contributed by atoms with van der Waals surface area (Å²) in [6, 6.07) is 0.0187. The Hall–Kier alpha value is -0.740. The summed E-state index contributed by atoms with van der Waals surface area (Å²) < 4.78 is 39.0. The summed E-state index contributed by atoms with van der Waals surface area (Å²) in [5.74, 6) is -0.922. The van der Waals surface area contributed by atoms with E-state index in [2.05, 4.69) is 15.6 Å². The van der Waals surface area contributed by atoms with Crippen molar-refractivity contribution in [3.05, 3.63) is 0 Å². The fourth-order valence-corrected chi connectivity index (χ4v) is 3.50. The SMILES string of the molecule is CN(C)C(=O)CN=C(NC1CCCC1)NC1CCCC(C(F)(F)F)C1.I. The first kappa shape index (κ1) is 23.3. The Morgan fingerprint density at radius 1 is 1.04 bits per heavy atom. The first-order chi connectivity index (χ1) is 11.8. The zero-order valence-corrected chi connectivity index (χ0v) is 17.8. The van der Waals surface area contributed by atoms with E-state index in [1.54, 1.807) is 14.1 Å². The predicted molar refractivity (Wildman–Crippen MR) is 107 cm³/mol. The van der Waals surface area contributed by atoms with Crippen molar-refractivity contribution in [3.8, 4) is 0 Å². The highest BCUT2D eigenvalue weighted by molar-refractivity contribution is 14.0. The molecule has 1 amide bonds. The van der Waals surface area contributed by atoms with Crippen molar-refractivity contribution in [3.63, 3.8) is 0 Å². The lowest BCUT2D eigenvalue weighted by atomic mass is 9.85. The molecular weight excluding hydrogens is 460 g/mol. The standard InChI is InChI=1S/C17H29F3N4O.HI/c1-24(2)15(25)11-21-16(22-13-7-3-4-8-13)23-14-9-5-6-12(10-14)17(18,19)20;/h12-14H,3-11H2,1-2H3,(H2,21,22,23);1H. The number of guanidine groups is 1. The smallest absolute Gasteiger partial charge is 0.354 e. The van der Waals surface area contributed by atoms with Crippen LogP contribution in [0.3, 0.4) is 0 Å². The molecular formula is C17H30F3IN4O. The van der Waals surface area contributed by atoms with Gasteiger partial charge in [0.2, 0.25) is 5.91 Å². The summed E-state index contributed by atoms with van der Waals surface area (Å²) in [4.78, 5) is 17.5. The van der Waals surface area contributed by atoms with Crippen LogP contribution in [0, 0.1) is 5.92 Å². The monoisotopic (exact) mass is 490 g/mol. The molecule has 152 valence electrons. The van der Waals surface area contributed by atoms with Crippen LogP contribution in [0.5, 0.6) is 0 Å². The molecule has 2 aliphatic rings. The summed E-state index contributed by atoms with van der Waals surface area (Å²) in [5.41, 5.74) is 0. The Kier molecular flexibility index (Phi) is 9.46. The number of halogens is 4. The van der Waals surface area contributed by atoms with Gasteiger partial charge < -0.3 is 15.5 Å². The first-order valence-corrected chi connectivity index (χ1v) is 9.10. The lowest BCUT2D eigenvalue weighted by Crippen LogP contribution is -2.49. The number of alkyl halides is 3. The van der Waals surface area contributed by atoms with Crippen molar-refractivity contribution in [2.75, 3.05) is 20.6 Å². The normalized spacial score (nSPS) is 24.7. The number of carbonyl (C=O) groups is 1. The maximum atomic E-state index is 13.0. The van der Waals surface area contributed by atoms with Crippen molar-refractivity contribution >= 4 is 35.8 Å². The van der Waals surface area contributed by atoms with Crippen molar-refractivity contribution in [2.24, 2.45) is 10.9 Å². The van der Waals surface area contributed by atoms with Crippen molar-refractivity contribution < 1.29 is 18.0 Å². The third kappa shape index (κ3) is 7.48. The van der Waals surface area contributed by atoms with E-state index >= 15 is 0 Å². The lowest BCUT2D eigenvalue weighted by molar-refractivity contribution is -0.183. The molecule has 0 bridgehead atoms. The highest BCUT2D eigenvalue weighted by atomic mass is 127. The van der Waals surface area contributed by atoms with E-state index in [0.29, 0.717) is 18.8 Å². The number of hydrogen-bond acceptors (Lipinski definition) is 2. The lowest BCUT2D eigenvalue weighted by Gasteiger charge is -2.32. The summed E-state index contributed by atoms with van der Waals surface area (Å²) in [5, 5.41) is 6.45. The molecule has 2 atom stereocenters. The van der Waals surface area contributed by atoms with Crippen LogP contribution in [0.15, 0.2) is 4.99 Å². The molecule has 26 heavy (non-hydrogen) atoms. The fraction of sp³-hybridized carbons (Fsp3) is 0.882. The van der Waals surface area contributed by atoms with Crippen molar-refractivity contribution in [1.29, 1.82) is 0 Å². The van der Waals surface area contributed by atoms with Gasteiger partial charge in [0.25, 0.3) is 0 Å². The number of hydrogen-bond donors (Lipinski definition) is 2. The quantitative estimate of drug-likeness (QED) is 0.362. The summed E-state index contributed by atoms with van der Waals surface area (Å²) in [6.45, 7) is -0.00945. The van der Waals surface area contributed by atoms with Gasteiger partial charge in [0, 0.05) is 26.2 Å². The van der Waals surface area contributed by atoms with Crippen molar-refractivity contribution in [2.45, 2.75) is 69.6 Å². The third-order valence-corrected chi connectivity index (χ3v) is 5.05. The molecule has 0 spiro atoms. The van der Waals surface area contributed by atoms with Gasteiger partial charge in [0.15, 0.2) is 5.96 Å². The highest BCUT2D eigenvalue weighted by Crippen LogP contribution is 2.37. The Morgan fingerprint density at radius 2 is 1.62 bits per heavy atom. The van der Waals surface area contributed by atoms with Crippen LogP contribution in [-0.4, -0.2) is 55.7 Å². The molecule has 9 heteroatoms. The Bertz CT molecular complexity index is 479. The van der Waals surface area contributed by atoms with E-state index in [0.717, 1.165) is 25.7 Å². The Morgan fingerprint density at radius 3 is 2.19 bits per heavy atom. The van der Waals surface area contributed by atoms with E-state index in [1.165, 1.54) is 4.90 Å². The van der Waals surface area contributed by atoms with Gasteiger partial charge in [-0.2, -0.15) is 13.2 Å². The van der Waals surface area contributed by atoms with Crippen LogP contribution >= 0.6 is 24.0 Å². The molecule has 2 unspecified atom stereocenters. The van der Waals surface area contributed by atoms with Gasteiger partial charge in [-0.3, -0.25) is 4.79 Å². The van der Waals surface area contributed by atoms with Crippen LogP contribution in [0.25, 0.3) is 0 Å². The van der Waals surface area contributed by atoms with Crippen LogP contribution in [0.2, 0.25) is 0 Å². The zero-order chi connectivity index (χ0) is 18.4. The van der Waals surface area contributed by atoms with Gasteiger partial charge in [0.1, 0.15) is 6.54 Å². The fourth-order valence-electron chi connectivity index (χ4n) is 3.50. The topological polar surface area (TPSA) is 56.7 Å². The van der Waals surface area contributed by atoms with Gasteiger partial charge >= 0.3 is 6.18 Å². The molecule has 2 fully saturated rings. The minimum atomic E-state index is -4.14. The molecule has 5 nitrogen and oxygen atoms in total. The highest BCUT2D eigenvalue weighted by Gasteiger charge is 2.42. The zero-order valence-electron chi connectivity index (χ0n) is 15.4. The molecule has 0 aromatic carbocycles. The molecule has 0 aliphatic heterocycles. The Balaban J connectivity index is 0.00000338. The van der Waals surface area contributed by atoms with Crippen molar-refractivity contribution in [1.82, 2.24) is 15.5 Å². The molecule has 2 saturated carbocycles. The average Bonchev–Trinajstić information content (AvgIpc) is 3.04. The molecule has 2 N–H and O–H groups in total. The van der Waals surface area contributed by atoms with E-state index in [-0.39, 0.29) is 61.4 Å². The number of aliphatic imine (C=N–C) groups is 1. The first-order valence-electron chi connectivity index (χ1n) is 9.10. The van der Waals surface area contributed by atoms with Crippen LogP contribution < -0.4 is 10.6 Å². The van der Waals surface area contributed by atoms with E-state index in [4.69, 9.17) is 0 Å². The molecule has 0 aromatic rings. The van der Waals surface area contributed by atoms with Crippen LogP contribution in [-0.2, 0) is 4.79 Å². The van der Waals surface area contributed by atoms with Gasteiger partial charge in [-0.1, -0.05) is 19.3 Å². The van der Waals surface area contributed by atoms with Gasteiger partial charge in [-0.25, -0.2) is 4.99 Å². The number of nitrogens with one attached hydrogen (secondary N) is 2. The Labute approximate surface area is 170 Å². The predicted octanol–water partition coefficient (Wildman–Crippen LogP) is 3.29. The minimum Gasteiger partial charge on any atom is -0.354 e. The minimum absolute atomic E-state index is 0. The number of likely N-dealkylation sites (N-methyl/N-ethyl adjacent to an activating group) is 1. The van der Waals surface area contributed by atoms with Crippen LogP contribution in [0.4, 0.5) is 13.2 Å². The third-order valence-electron chi connectivity index (χ3n) is 5.05. The largest absolute Gasteiger partial charge is 0.391 e.